The molecule has 2 aromatic heterocycles. The van der Waals surface area contributed by atoms with E-state index in [0.717, 1.165) is 47.1 Å². The topological polar surface area (TPSA) is 52.7 Å². The lowest BCUT2D eigenvalue weighted by Crippen LogP contribution is -2.30. The first-order valence-electron chi connectivity index (χ1n) is 11.5. The molecule has 1 saturated carbocycles. The molecule has 0 unspecified atom stereocenters. The molecular formula is C27H26F2N4O. The van der Waals surface area contributed by atoms with Crippen molar-refractivity contribution in [2.45, 2.75) is 52.0 Å². The van der Waals surface area contributed by atoms with Crippen molar-refractivity contribution in [1.29, 1.82) is 0 Å². The van der Waals surface area contributed by atoms with Gasteiger partial charge in [-0.05, 0) is 74.6 Å². The fraction of sp³-hybridized carbons (Fsp3) is 0.296. The van der Waals surface area contributed by atoms with E-state index in [2.05, 4.69) is 16.1 Å². The number of hydrogen-bond donors (Lipinski definition) is 0. The summed E-state index contributed by atoms with van der Waals surface area (Å²) >= 11 is 0. The Labute approximate surface area is 196 Å². The van der Waals surface area contributed by atoms with Gasteiger partial charge in [0.05, 0.1) is 23.8 Å². The van der Waals surface area contributed by atoms with Crippen molar-refractivity contribution in [3.8, 4) is 5.69 Å². The van der Waals surface area contributed by atoms with Crippen molar-refractivity contribution in [3.05, 3.63) is 111 Å². The third-order valence-corrected chi connectivity index (χ3v) is 6.40. The lowest BCUT2D eigenvalue weighted by molar-refractivity contribution is 0.505. The van der Waals surface area contributed by atoms with Gasteiger partial charge >= 0.3 is 0 Å². The monoisotopic (exact) mass is 460 g/mol. The summed E-state index contributed by atoms with van der Waals surface area (Å²) in [6.45, 7) is 5.73. The Kier molecular flexibility index (Phi) is 5.63. The normalized spacial score (nSPS) is 14.4. The molecule has 0 spiro atoms. The number of aryl methyl sites for hydroxylation is 2. The predicted octanol–water partition coefficient (Wildman–Crippen LogP) is 5.40. The van der Waals surface area contributed by atoms with Crippen molar-refractivity contribution in [3.63, 3.8) is 0 Å². The van der Waals surface area contributed by atoms with Gasteiger partial charge in [0, 0.05) is 35.9 Å². The van der Waals surface area contributed by atoms with E-state index in [9.17, 15) is 13.6 Å². The number of aromatic nitrogens is 4. The Morgan fingerprint density at radius 2 is 1.79 bits per heavy atom. The minimum absolute atomic E-state index is 0.242. The minimum Gasteiger partial charge on any atom is -0.306 e. The zero-order valence-electron chi connectivity index (χ0n) is 19.4. The van der Waals surface area contributed by atoms with E-state index in [1.54, 1.807) is 13.3 Å². The highest BCUT2D eigenvalue weighted by Crippen LogP contribution is 2.39. The van der Waals surface area contributed by atoms with Crippen LogP contribution in [0.3, 0.4) is 0 Å². The van der Waals surface area contributed by atoms with Crippen LogP contribution in [0.2, 0.25) is 0 Å². The summed E-state index contributed by atoms with van der Waals surface area (Å²) in [6, 6.07) is 10.8. The Morgan fingerprint density at radius 3 is 2.41 bits per heavy atom. The Balaban J connectivity index is 1.51. The van der Waals surface area contributed by atoms with Crippen LogP contribution in [0.15, 0.2) is 59.8 Å². The first-order chi connectivity index (χ1) is 16.3. The minimum atomic E-state index is -0.669. The van der Waals surface area contributed by atoms with E-state index in [4.69, 9.17) is 0 Å². The molecule has 0 N–H and O–H groups in total. The molecule has 1 fully saturated rings. The predicted molar refractivity (Wildman–Crippen MR) is 126 cm³/mol. The van der Waals surface area contributed by atoms with Gasteiger partial charge in [-0.1, -0.05) is 12.1 Å². The molecular weight excluding hydrogens is 434 g/mol. The van der Waals surface area contributed by atoms with Crippen LogP contribution >= 0.6 is 0 Å². The van der Waals surface area contributed by atoms with Crippen molar-refractivity contribution >= 4 is 0 Å². The highest BCUT2D eigenvalue weighted by Gasteiger charge is 2.28. The second kappa shape index (κ2) is 8.63. The van der Waals surface area contributed by atoms with E-state index in [-0.39, 0.29) is 5.56 Å². The Morgan fingerprint density at radius 1 is 1.06 bits per heavy atom. The average molecular weight is 461 g/mol. The van der Waals surface area contributed by atoms with Crippen LogP contribution in [0.5, 0.6) is 0 Å². The SMILES string of the molecule is Cc1cn(-c2ccc(Cc3cc(C4CC4)nn([C@@H](C)c4cc(F)cc(F)c4)c3=O)cc2C)cn1. The fourth-order valence-electron chi connectivity index (χ4n) is 4.40. The average Bonchev–Trinajstić information content (AvgIpc) is 3.55. The summed E-state index contributed by atoms with van der Waals surface area (Å²) < 4.78 is 31.0. The molecule has 5 rings (SSSR count). The van der Waals surface area contributed by atoms with Crippen molar-refractivity contribution in [2.24, 2.45) is 0 Å². The second-order valence-corrected chi connectivity index (χ2v) is 9.22. The van der Waals surface area contributed by atoms with Crippen LogP contribution in [0, 0.1) is 25.5 Å². The summed E-state index contributed by atoms with van der Waals surface area (Å²) in [6.07, 6.45) is 6.28. The van der Waals surface area contributed by atoms with Crippen molar-refractivity contribution < 1.29 is 8.78 Å². The van der Waals surface area contributed by atoms with E-state index >= 15 is 0 Å². The standard InChI is InChI=1S/C27H26F2N4O/c1-16-8-19(4-7-26(16)32-14-17(2)30-15-32)9-22-12-25(20-5-6-20)31-33(27(22)34)18(3)21-10-23(28)13-24(29)11-21/h4,7-8,10-15,18,20H,5-6,9H2,1-3H3/t18-/m0/s1. The number of halogens is 2. The molecule has 0 radical (unpaired) electrons. The van der Waals surface area contributed by atoms with Gasteiger partial charge in [-0.25, -0.2) is 18.4 Å². The summed E-state index contributed by atoms with van der Waals surface area (Å²) in [5.41, 5.74) is 5.70. The molecule has 7 heteroatoms. The second-order valence-electron chi connectivity index (χ2n) is 9.22. The van der Waals surface area contributed by atoms with E-state index < -0.39 is 17.7 Å². The Hall–Kier alpha value is -3.61. The summed E-state index contributed by atoms with van der Waals surface area (Å²) in [5.74, 6) is -1.01. The van der Waals surface area contributed by atoms with Gasteiger partial charge in [0.15, 0.2) is 0 Å². The van der Waals surface area contributed by atoms with Gasteiger partial charge < -0.3 is 4.57 Å². The van der Waals surface area contributed by atoms with Crippen LogP contribution < -0.4 is 5.56 Å². The van der Waals surface area contributed by atoms with Gasteiger partial charge in [0.1, 0.15) is 11.6 Å². The maximum absolute atomic E-state index is 13.8. The van der Waals surface area contributed by atoms with E-state index in [1.165, 1.54) is 16.8 Å². The van der Waals surface area contributed by atoms with Crippen LogP contribution in [0.1, 0.15) is 65.4 Å². The van der Waals surface area contributed by atoms with Crippen LogP contribution in [-0.2, 0) is 6.42 Å². The fourth-order valence-corrected chi connectivity index (χ4v) is 4.40. The first kappa shape index (κ1) is 22.2. The van der Waals surface area contributed by atoms with Gasteiger partial charge in [0.25, 0.3) is 5.56 Å². The van der Waals surface area contributed by atoms with E-state index in [0.29, 0.717) is 23.5 Å². The molecule has 2 aromatic carbocycles. The smallest absolute Gasteiger partial charge is 0.270 e. The number of hydrogen-bond acceptors (Lipinski definition) is 3. The highest BCUT2D eigenvalue weighted by atomic mass is 19.1. The molecule has 0 aliphatic heterocycles. The molecule has 1 aliphatic rings. The maximum atomic E-state index is 13.8. The highest BCUT2D eigenvalue weighted by molar-refractivity contribution is 5.44. The van der Waals surface area contributed by atoms with Crippen LogP contribution in [0.4, 0.5) is 8.78 Å². The third kappa shape index (κ3) is 4.42. The lowest BCUT2D eigenvalue weighted by atomic mass is 10.0. The first-order valence-corrected chi connectivity index (χ1v) is 11.5. The zero-order chi connectivity index (χ0) is 24.0. The molecule has 34 heavy (non-hydrogen) atoms. The third-order valence-electron chi connectivity index (χ3n) is 6.40. The molecule has 0 saturated heterocycles. The van der Waals surface area contributed by atoms with Gasteiger partial charge in [-0.2, -0.15) is 5.10 Å². The molecule has 0 amide bonds. The molecule has 5 nitrogen and oxygen atoms in total. The zero-order valence-corrected chi connectivity index (χ0v) is 19.4. The van der Waals surface area contributed by atoms with Crippen molar-refractivity contribution in [1.82, 2.24) is 19.3 Å². The molecule has 0 bridgehead atoms. The molecule has 174 valence electrons. The van der Waals surface area contributed by atoms with Crippen molar-refractivity contribution in [2.75, 3.05) is 0 Å². The number of benzene rings is 2. The van der Waals surface area contributed by atoms with Gasteiger partial charge in [-0.3, -0.25) is 4.79 Å². The van der Waals surface area contributed by atoms with Gasteiger partial charge in [-0.15, -0.1) is 0 Å². The summed E-state index contributed by atoms with van der Waals surface area (Å²) in [5, 5.41) is 4.59. The molecule has 1 aliphatic carbocycles. The molecule has 1 atom stereocenters. The number of nitrogens with zero attached hydrogens (tertiary/aromatic N) is 4. The molecule has 2 heterocycles. The van der Waals surface area contributed by atoms with Crippen LogP contribution in [0.25, 0.3) is 5.69 Å². The van der Waals surface area contributed by atoms with Crippen LogP contribution in [-0.4, -0.2) is 19.3 Å². The Bertz CT molecular complexity index is 1410. The maximum Gasteiger partial charge on any atom is 0.270 e. The quantitative estimate of drug-likeness (QED) is 0.387. The van der Waals surface area contributed by atoms with E-state index in [1.807, 2.05) is 42.8 Å². The summed E-state index contributed by atoms with van der Waals surface area (Å²) in [7, 11) is 0. The molecule has 4 aromatic rings. The summed E-state index contributed by atoms with van der Waals surface area (Å²) in [4.78, 5) is 17.7. The van der Waals surface area contributed by atoms with Gasteiger partial charge in [0.2, 0.25) is 0 Å². The lowest BCUT2D eigenvalue weighted by Gasteiger charge is -2.18. The number of rotatable bonds is 6. The number of imidazole rings is 1. The largest absolute Gasteiger partial charge is 0.306 e.